The van der Waals surface area contributed by atoms with Gasteiger partial charge in [-0.2, -0.15) is 0 Å². The van der Waals surface area contributed by atoms with E-state index < -0.39 is 11.7 Å². The van der Waals surface area contributed by atoms with Crippen LogP contribution in [0, 0.1) is 5.92 Å². The van der Waals surface area contributed by atoms with Gasteiger partial charge >= 0.3 is 6.09 Å². The topological polar surface area (TPSA) is 84.4 Å². The maximum atomic E-state index is 12.4. The van der Waals surface area contributed by atoms with Crippen LogP contribution in [0.5, 0.6) is 0 Å². The van der Waals surface area contributed by atoms with Crippen LogP contribution in [-0.4, -0.2) is 75.7 Å². The first-order valence-corrected chi connectivity index (χ1v) is 11.5. The second-order valence-electron chi connectivity index (χ2n) is 8.97. The van der Waals surface area contributed by atoms with E-state index in [4.69, 9.17) is 19.2 Å². The lowest BCUT2D eigenvalue weighted by atomic mass is 10.1. The second-order valence-corrected chi connectivity index (χ2v) is 8.97. The van der Waals surface area contributed by atoms with Crippen molar-refractivity contribution in [3.63, 3.8) is 0 Å². The van der Waals surface area contributed by atoms with Crippen molar-refractivity contribution in [3.05, 3.63) is 35.9 Å². The Bertz CT molecular complexity index is 712. The number of nitrogens with zero attached hydrogens (tertiary/aromatic N) is 2. The molecule has 0 bridgehead atoms. The lowest BCUT2D eigenvalue weighted by Gasteiger charge is -2.25. The number of likely N-dealkylation sites (tertiary alicyclic amines) is 1. The van der Waals surface area contributed by atoms with Gasteiger partial charge in [0.25, 0.3) is 0 Å². The molecule has 2 rings (SSSR count). The van der Waals surface area contributed by atoms with Crippen molar-refractivity contribution in [1.29, 1.82) is 0 Å². The molecular weight excluding hydrogens is 535 g/mol. The van der Waals surface area contributed by atoms with E-state index in [1.807, 2.05) is 51.1 Å². The highest BCUT2D eigenvalue weighted by molar-refractivity contribution is 14.0. The Morgan fingerprint density at radius 1 is 1.24 bits per heavy atom. The van der Waals surface area contributed by atoms with E-state index >= 15 is 0 Å². The summed E-state index contributed by atoms with van der Waals surface area (Å²) in [7, 11) is 1.68. The predicted octanol–water partition coefficient (Wildman–Crippen LogP) is 3.82. The van der Waals surface area contributed by atoms with E-state index in [-0.39, 0.29) is 30.0 Å². The molecule has 188 valence electrons. The van der Waals surface area contributed by atoms with Gasteiger partial charge in [-0.3, -0.25) is 4.99 Å². The Morgan fingerprint density at radius 3 is 2.61 bits per heavy atom. The van der Waals surface area contributed by atoms with Gasteiger partial charge in [-0.1, -0.05) is 30.3 Å². The number of methoxy groups -OCH3 is 1. The Hall–Kier alpha value is -1.59. The molecule has 1 aliphatic heterocycles. The van der Waals surface area contributed by atoms with E-state index in [1.54, 1.807) is 7.11 Å². The molecule has 33 heavy (non-hydrogen) atoms. The third-order valence-electron chi connectivity index (χ3n) is 5.02. The molecular formula is C24H41IN4O4. The minimum absolute atomic E-state index is 0. The molecule has 0 radical (unpaired) electrons. The number of alkyl carbamates (subject to hydrolysis) is 1. The number of ether oxygens (including phenoxy) is 3. The van der Waals surface area contributed by atoms with E-state index in [9.17, 15) is 4.79 Å². The number of carbonyl (C=O) groups excluding carboxylic acids is 1. The number of benzene rings is 1. The molecule has 1 amide bonds. The van der Waals surface area contributed by atoms with Gasteiger partial charge in [-0.05, 0) is 39.7 Å². The first kappa shape index (κ1) is 29.4. The molecule has 0 saturated carbocycles. The van der Waals surface area contributed by atoms with Crippen molar-refractivity contribution in [2.45, 2.75) is 45.8 Å². The van der Waals surface area contributed by atoms with Gasteiger partial charge in [0.15, 0.2) is 5.96 Å². The monoisotopic (exact) mass is 576 g/mol. The fraction of sp³-hybridized carbons (Fsp3) is 0.667. The molecule has 1 aromatic carbocycles. The Morgan fingerprint density at radius 2 is 1.97 bits per heavy atom. The van der Waals surface area contributed by atoms with Gasteiger partial charge in [0.05, 0.1) is 32.4 Å². The molecule has 1 saturated heterocycles. The fourth-order valence-corrected chi connectivity index (χ4v) is 3.53. The summed E-state index contributed by atoms with van der Waals surface area (Å²) in [4.78, 5) is 19.6. The van der Waals surface area contributed by atoms with Crippen LogP contribution in [0.1, 0.15) is 45.7 Å². The third-order valence-corrected chi connectivity index (χ3v) is 5.02. The summed E-state index contributed by atoms with van der Waals surface area (Å²) in [6.45, 7) is 12.6. The molecule has 2 atom stereocenters. The van der Waals surface area contributed by atoms with Gasteiger partial charge < -0.3 is 29.7 Å². The lowest BCUT2D eigenvalue weighted by Crippen LogP contribution is -2.41. The molecule has 2 N–H and O–H groups in total. The van der Waals surface area contributed by atoms with Crippen molar-refractivity contribution in [2.24, 2.45) is 10.9 Å². The van der Waals surface area contributed by atoms with Crippen molar-refractivity contribution >= 4 is 36.0 Å². The highest BCUT2D eigenvalue weighted by Crippen LogP contribution is 2.18. The summed E-state index contributed by atoms with van der Waals surface area (Å²) < 4.78 is 16.2. The lowest BCUT2D eigenvalue weighted by molar-refractivity contribution is 0.0505. The number of nitrogens with one attached hydrogen (secondary N) is 2. The first-order chi connectivity index (χ1) is 15.3. The molecule has 1 aromatic rings. The van der Waals surface area contributed by atoms with E-state index in [1.165, 1.54) is 0 Å². The highest BCUT2D eigenvalue weighted by atomic mass is 127. The fourth-order valence-electron chi connectivity index (χ4n) is 3.53. The zero-order chi connectivity index (χ0) is 23.4. The summed E-state index contributed by atoms with van der Waals surface area (Å²) in [6, 6.07) is 9.59. The molecule has 0 aliphatic carbocycles. The number of hydrogen-bond acceptors (Lipinski definition) is 5. The van der Waals surface area contributed by atoms with E-state index in [0.29, 0.717) is 25.7 Å². The summed E-state index contributed by atoms with van der Waals surface area (Å²) in [5, 5.41) is 6.37. The van der Waals surface area contributed by atoms with Crippen LogP contribution in [0.2, 0.25) is 0 Å². The minimum Gasteiger partial charge on any atom is -0.444 e. The van der Waals surface area contributed by atoms with Gasteiger partial charge in [-0.15, -0.1) is 24.0 Å². The number of guanidine groups is 1. The van der Waals surface area contributed by atoms with E-state index in [0.717, 1.165) is 44.2 Å². The zero-order valence-corrected chi connectivity index (χ0v) is 23.0. The summed E-state index contributed by atoms with van der Waals surface area (Å²) in [5.41, 5.74) is 0.433. The molecule has 1 heterocycles. The molecule has 8 nitrogen and oxygen atoms in total. The third kappa shape index (κ3) is 11.4. The number of halogens is 1. The summed E-state index contributed by atoms with van der Waals surface area (Å²) in [5.74, 6) is 1.33. The SMILES string of the molecule is CCNC(=NCC(NC(=O)OC(C)(C)C)c1ccccc1)N1CCC(COCCOC)C1.I. The molecule has 1 fully saturated rings. The molecule has 0 aromatic heterocycles. The Balaban J connectivity index is 0.00000544. The van der Waals surface area contributed by atoms with Crippen LogP contribution in [-0.2, 0) is 14.2 Å². The van der Waals surface area contributed by atoms with Crippen LogP contribution in [0.15, 0.2) is 35.3 Å². The van der Waals surface area contributed by atoms with Crippen molar-refractivity contribution < 1.29 is 19.0 Å². The molecule has 9 heteroatoms. The summed E-state index contributed by atoms with van der Waals surface area (Å²) >= 11 is 0. The van der Waals surface area contributed by atoms with Gasteiger partial charge in [0.2, 0.25) is 0 Å². The van der Waals surface area contributed by atoms with E-state index in [2.05, 4.69) is 22.5 Å². The van der Waals surface area contributed by atoms with Crippen LogP contribution in [0.4, 0.5) is 4.79 Å². The highest BCUT2D eigenvalue weighted by Gasteiger charge is 2.26. The Kier molecular flexibility index (Phi) is 13.7. The normalized spacial score (nSPS) is 17.3. The molecule has 0 spiro atoms. The maximum absolute atomic E-state index is 12.4. The number of rotatable bonds is 10. The number of amides is 1. The predicted molar refractivity (Wildman–Crippen MR) is 142 cm³/mol. The van der Waals surface area contributed by atoms with Crippen molar-refractivity contribution in [1.82, 2.24) is 15.5 Å². The maximum Gasteiger partial charge on any atom is 0.408 e. The van der Waals surface area contributed by atoms with Crippen LogP contribution >= 0.6 is 24.0 Å². The number of carbonyl (C=O) groups is 1. The standard InChI is InChI=1S/C24H40N4O4.HI/c1-6-25-22(28-13-12-19(17-28)18-31-15-14-30-5)26-16-21(20-10-8-7-9-11-20)27-23(29)32-24(2,3)4;/h7-11,19,21H,6,12-18H2,1-5H3,(H,25,26)(H,27,29);1H. The van der Waals surface area contributed by atoms with Gasteiger partial charge in [0.1, 0.15) is 5.60 Å². The molecule has 1 aliphatic rings. The quantitative estimate of drug-likeness (QED) is 0.191. The molecule has 2 unspecified atom stereocenters. The summed E-state index contributed by atoms with van der Waals surface area (Å²) in [6.07, 6.45) is 0.622. The number of hydrogen-bond donors (Lipinski definition) is 2. The van der Waals surface area contributed by atoms with Crippen molar-refractivity contribution in [2.75, 3.05) is 53.1 Å². The largest absolute Gasteiger partial charge is 0.444 e. The van der Waals surface area contributed by atoms with Crippen LogP contribution in [0.25, 0.3) is 0 Å². The van der Waals surface area contributed by atoms with Crippen LogP contribution < -0.4 is 10.6 Å². The van der Waals surface area contributed by atoms with Crippen LogP contribution in [0.3, 0.4) is 0 Å². The Labute approximate surface area is 215 Å². The number of aliphatic imine (C=N–C) groups is 1. The van der Waals surface area contributed by atoms with Crippen molar-refractivity contribution in [3.8, 4) is 0 Å². The van der Waals surface area contributed by atoms with Gasteiger partial charge in [-0.25, -0.2) is 4.79 Å². The average Bonchev–Trinajstić information content (AvgIpc) is 3.21. The second kappa shape index (κ2) is 15.3. The first-order valence-electron chi connectivity index (χ1n) is 11.5. The van der Waals surface area contributed by atoms with Gasteiger partial charge in [0, 0.05) is 32.7 Å². The zero-order valence-electron chi connectivity index (χ0n) is 20.6. The minimum atomic E-state index is -0.556. The smallest absolute Gasteiger partial charge is 0.408 e. The average molecular weight is 577 g/mol.